The third-order valence-electron chi connectivity index (χ3n) is 1.95. The minimum Gasteiger partial charge on any atom is -0.480 e. The Bertz CT molecular complexity index is 338. The van der Waals surface area contributed by atoms with Gasteiger partial charge in [0, 0.05) is 24.0 Å². The first-order valence-electron chi connectivity index (χ1n) is 4.85. The number of aryl methyl sites for hydroxylation is 1. The summed E-state index contributed by atoms with van der Waals surface area (Å²) in [5.41, 5.74) is 0. The van der Waals surface area contributed by atoms with E-state index in [-0.39, 0.29) is 12.6 Å². The van der Waals surface area contributed by atoms with Crippen LogP contribution in [0.3, 0.4) is 0 Å². The van der Waals surface area contributed by atoms with Crippen molar-refractivity contribution in [3.8, 4) is 0 Å². The third kappa shape index (κ3) is 3.16. The highest BCUT2D eigenvalue weighted by molar-refractivity contribution is 7.09. The number of aromatic nitrogens is 2. The Morgan fingerprint density at radius 2 is 2.27 bits per heavy atom. The van der Waals surface area contributed by atoms with Gasteiger partial charge in [-0.3, -0.25) is 4.79 Å². The van der Waals surface area contributed by atoms with Gasteiger partial charge in [0.25, 0.3) is 0 Å². The molecule has 0 unspecified atom stereocenters. The second kappa shape index (κ2) is 5.06. The second-order valence-electron chi connectivity index (χ2n) is 3.46. The van der Waals surface area contributed by atoms with Crippen molar-refractivity contribution in [2.45, 2.75) is 33.2 Å². The lowest BCUT2D eigenvalue weighted by atomic mass is 10.3. The normalized spacial score (nSPS) is 10.7. The number of hydrogen-bond donors (Lipinski definition) is 1. The Morgan fingerprint density at radius 3 is 2.67 bits per heavy atom. The van der Waals surface area contributed by atoms with Crippen molar-refractivity contribution < 1.29 is 9.90 Å². The molecule has 1 aromatic heterocycles. The van der Waals surface area contributed by atoms with Crippen LogP contribution in [0.15, 0.2) is 0 Å². The molecule has 0 aliphatic heterocycles. The third-order valence-corrected chi connectivity index (χ3v) is 2.74. The van der Waals surface area contributed by atoms with Gasteiger partial charge in [0.2, 0.25) is 5.13 Å². The molecule has 15 heavy (non-hydrogen) atoms. The van der Waals surface area contributed by atoms with E-state index in [2.05, 4.69) is 9.36 Å². The van der Waals surface area contributed by atoms with Crippen molar-refractivity contribution in [2.24, 2.45) is 0 Å². The molecule has 84 valence electrons. The number of aliphatic carboxylic acids is 1. The average molecular weight is 229 g/mol. The van der Waals surface area contributed by atoms with E-state index in [4.69, 9.17) is 5.11 Å². The fraction of sp³-hybridized carbons (Fsp3) is 0.667. The molecule has 1 aromatic rings. The summed E-state index contributed by atoms with van der Waals surface area (Å²) in [5, 5.41) is 9.46. The summed E-state index contributed by atoms with van der Waals surface area (Å²) in [5.74, 6) is -0.0806. The predicted octanol–water partition coefficient (Wildman–Crippen LogP) is 1.40. The quantitative estimate of drug-likeness (QED) is 0.826. The highest BCUT2D eigenvalue weighted by Gasteiger charge is 2.17. The van der Waals surface area contributed by atoms with E-state index in [0.717, 1.165) is 12.2 Å². The number of hydrogen-bond acceptors (Lipinski definition) is 5. The van der Waals surface area contributed by atoms with E-state index in [0.29, 0.717) is 5.13 Å². The Labute approximate surface area is 92.9 Å². The summed E-state index contributed by atoms with van der Waals surface area (Å²) in [6.45, 7) is 5.82. The van der Waals surface area contributed by atoms with Crippen LogP contribution in [0.4, 0.5) is 5.13 Å². The van der Waals surface area contributed by atoms with Crippen LogP contribution in [0.2, 0.25) is 0 Å². The van der Waals surface area contributed by atoms with Crippen molar-refractivity contribution in [3.63, 3.8) is 0 Å². The van der Waals surface area contributed by atoms with E-state index >= 15 is 0 Å². The molecule has 1 rings (SSSR count). The molecule has 0 amide bonds. The first kappa shape index (κ1) is 11.9. The largest absolute Gasteiger partial charge is 0.480 e. The van der Waals surface area contributed by atoms with Crippen molar-refractivity contribution in [2.75, 3.05) is 11.4 Å². The van der Waals surface area contributed by atoms with Crippen LogP contribution < -0.4 is 4.90 Å². The van der Waals surface area contributed by atoms with Gasteiger partial charge in [0.1, 0.15) is 12.4 Å². The summed E-state index contributed by atoms with van der Waals surface area (Å²) in [7, 11) is 0. The van der Waals surface area contributed by atoms with Gasteiger partial charge in [-0.2, -0.15) is 4.37 Å². The van der Waals surface area contributed by atoms with Gasteiger partial charge in [-0.1, -0.05) is 6.92 Å². The Kier molecular flexibility index (Phi) is 4.02. The minimum atomic E-state index is -0.850. The highest BCUT2D eigenvalue weighted by Crippen LogP contribution is 2.19. The van der Waals surface area contributed by atoms with Crippen LogP contribution in [-0.2, 0) is 11.2 Å². The summed E-state index contributed by atoms with van der Waals surface area (Å²) in [6.07, 6.45) is 0.773. The molecular weight excluding hydrogens is 214 g/mol. The molecule has 0 aromatic carbocycles. The van der Waals surface area contributed by atoms with Gasteiger partial charge in [0.05, 0.1) is 0 Å². The molecule has 0 saturated heterocycles. The second-order valence-corrected chi connectivity index (χ2v) is 4.19. The summed E-state index contributed by atoms with van der Waals surface area (Å²) >= 11 is 1.25. The molecule has 0 fully saturated rings. The SMILES string of the molecule is CCc1nsc(N(CC(=O)O)C(C)C)n1. The number of rotatable bonds is 5. The van der Waals surface area contributed by atoms with Gasteiger partial charge >= 0.3 is 5.97 Å². The summed E-state index contributed by atoms with van der Waals surface area (Å²) in [4.78, 5) is 16.7. The number of carboxylic acid groups (broad SMARTS) is 1. The zero-order chi connectivity index (χ0) is 11.4. The minimum absolute atomic E-state index is 0.0317. The maximum atomic E-state index is 10.7. The van der Waals surface area contributed by atoms with E-state index in [1.165, 1.54) is 11.5 Å². The smallest absolute Gasteiger partial charge is 0.323 e. The van der Waals surface area contributed by atoms with Gasteiger partial charge < -0.3 is 10.0 Å². The number of carbonyl (C=O) groups is 1. The first-order valence-corrected chi connectivity index (χ1v) is 5.63. The summed E-state index contributed by atoms with van der Waals surface area (Å²) in [6, 6.07) is 0.110. The molecular formula is C9H15N3O2S. The van der Waals surface area contributed by atoms with Crippen LogP contribution in [0.25, 0.3) is 0 Å². The number of carboxylic acids is 1. The fourth-order valence-corrected chi connectivity index (χ4v) is 2.01. The van der Waals surface area contributed by atoms with Crippen molar-refractivity contribution in [1.29, 1.82) is 0 Å². The lowest BCUT2D eigenvalue weighted by Gasteiger charge is -2.23. The predicted molar refractivity (Wildman–Crippen MR) is 59.4 cm³/mol. The molecule has 0 spiro atoms. The first-order chi connectivity index (χ1) is 7.04. The molecule has 0 aliphatic rings. The van der Waals surface area contributed by atoms with E-state index in [1.807, 2.05) is 20.8 Å². The summed E-state index contributed by atoms with van der Waals surface area (Å²) < 4.78 is 4.14. The fourth-order valence-electron chi connectivity index (χ4n) is 1.12. The van der Waals surface area contributed by atoms with Crippen molar-refractivity contribution >= 4 is 22.6 Å². The molecule has 0 atom stereocenters. The van der Waals surface area contributed by atoms with Gasteiger partial charge in [-0.25, -0.2) is 4.98 Å². The highest BCUT2D eigenvalue weighted by atomic mass is 32.1. The van der Waals surface area contributed by atoms with Crippen LogP contribution in [0, 0.1) is 0 Å². The number of anilines is 1. The average Bonchev–Trinajstić information content (AvgIpc) is 2.61. The van der Waals surface area contributed by atoms with Gasteiger partial charge in [-0.05, 0) is 13.8 Å². The zero-order valence-corrected chi connectivity index (χ0v) is 9.91. The topological polar surface area (TPSA) is 66.3 Å². The van der Waals surface area contributed by atoms with Crippen molar-refractivity contribution in [1.82, 2.24) is 9.36 Å². The number of nitrogens with zero attached hydrogens (tertiary/aromatic N) is 3. The molecule has 0 radical (unpaired) electrons. The van der Waals surface area contributed by atoms with Crippen LogP contribution in [-0.4, -0.2) is 33.0 Å². The van der Waals surface area contributed by atoms with Gasteiger partial charge in [-0.15, -0.1) is 0 Å². The standard InChI is InChI=1S/C9H15N3O2S/c1-4-7-10-9(15-11-7)12(6(2)3)5-8(13)14/h6H,4-5H2,1-3H3,(H,13,14). The Hall–Kier alpha value is -1.17. The van der Waals surface area contributed by atoms with Crippen molar-refractivity contribution in [3.05, 3.63) is 5.82 Å². The maximum absolute atomic E-state index is 10.7. The molecule has 1 N–H and O–H groups in total. The van der Waals surface area contributed by atoms with E-state index in [1.54, 1.807) is 4.90 Å². The van der Waals surface area contributed by atoms with E-state index in [9.17, 15) is 4.79 Å². The van der Waals surface area contributed by atoms with E-state index < -0.39 is 5.97 Å². The monoisotopic (exact) mass is 229 g/mol. The Balaban J connectivity index is 2.83. The zero-order valence-electron chi connectivity index (χ0n) is 9.10. The Morgan fingerprint density at radius 1 is 1.60 bits per heavy atom. The lowest BCUT2D eigenvalue weighted by molar-refractivity contribution is -0.135. The van der Waals surface area contributed by atoms with Crippen LogP contribution >= 0.6 is 11.5 Å². The molecule has 0 saturated carbocycles. The molecule has 5 nitrogen and oxygen atoms in total. The van der Waals surface area contributed by atoms with Crippen LogP contribution in [0.1, 0.15) is 26.6 Å². The molecule has 6 heteroatoms. The van der Waals surface area contributed by atoms with Crippen LogP contribution in [0.5, 0.6) is 0 Å². The molecule has 0 aliphatic carbocycles. The molecule has 1 heterocycles. The van der Waals surface area contributed by atoms with Gasteiger partial charge in [0.15, 0.2) is 0 Å². The lowest BCUT2D eigenvalue weighted by Crippen LogP contribution is -2.35. The molecule has 0 bridgehead atoms. The maximum Gasteiger partial charge on any atom is 0.323 e.